The van der Waals surface area contributed by atoms with Crippen molar-refractivity contribution in [3.8, 4) is 0 Å². The third kappa shape index (κ3) is 2.27. The van der Waals surface area contributed by atoms with Gasteiger partial charge in [-0.25, -0.2) is 0 Å². The third-order valence-corrected chi connectivity index (χ3v) is 10.2. The Balaban J connectivity index is 1.46. The molecule has 2 saturated heterocycles. The van der Waals surface area contributed by atoms with Crippen molar-refractivity contribution in [1.82, 2.24) is 0 Å². The number of hydrogen-bond donors (Lipinski definition) is 0. The summed E-state index contributed by atoms with van der Waals surface area (Å²) in [4.78, 5) is 5.42. The average molecular weight is 420 g/mol. The van der Waals surface area contributed by atoms with Gasteiger partial charge in [0.1, 0.15) is 7.11 Å². The first-order valence-corrected chi connectivity index (χ1v) is 12.2. The van der Waals surface area contributed by atoms with Gasteiger partial charge in [-0.15, -0.1) is 0 Å². The summed E-state index contributed by atoms with van der Waals surface area (Å²) in [6, 6.07) is 0. The van der Waals surface area contributed by atoms with Gasteiger partial charge in [-0.2, -0.15) is 0 Å². The molecule has 6 fully saturated rings. The summed E-state index contributed by atoms with van der Waals surface area (Å²) < 4.78 is 25.8. The van der Waals surface area contributed by atoms with Crippen LogP contribution in [0.1, 0.15) is 65.2 Å². The lowest BCUT2D eigenvalue weighted by atomic mass is 9.44. The van der Waals surface area contributed by atoms with Crippen LogP contribution in [-0.4, -0.2) is 50.8 Å². The van der Waals surface area contributed by atoms with Gasteiger partial charge in [-0.05, 0) is 55.3 Å². The highest BCUT2D eigenvalue weighted by atomic mass is 16.8. The smallest absolute Gasteiger partial charge is 0.229 e. The van der Waals surface area contributed by atoms with Crippen molar-refractivity contribution in [3.63, 3.8) is 0 Å². The summed E-state index contributed by atoms with van der Waals surface area (Å²) in [5, 5.41) is 4.67. The lowest BCUT2D eigenvalue weighted by Crippen LogP contribution is -2.70. The molecule has 6 aliphatic rings. The minimum atomic E-state index is -0.797. The molecule has 4 saturated carbocycles. The van der Waals surface area contributed by atoms with E-state index in [1.807, 2.05) is 0 Å². The summed E-state index contributed by atoms with van der Waals surface area (Å²) in [6.45, 7) is 7.23. The van der Waals surface area contributed by atoms with Crippen LogP contribution in [0.4, 0.5) is 0 Å². The minimum absolute atomic E-state index is 0.151. The third-order valence-electron chi connectivity index (χ3n) is 10.2. The Labute approximate surface area is 180 Å². The predicted octanol–water partition coefficient (Wildman–Crippen LogP) is 4.13. The van der Waals surface area contributed by atoms with Crippen molar-refractivity contribution in [2.24, 2.45) is 39.7 Å². The molecule has 6 heteroatoms. The van der Waals surface area contributed by atoms with E-state index in [0.29, 0.717) is 49.6 Å². The van der Waals surface area contributed by atoms with Crippen LogP contribution in [0, 0.1) is 34.5 Å². The van der Waals surface area contributed by atoms with Crippen LogP contribution < -0.4 is 0 Å². The van der Waals surface area contributed by atoms with E-state index in [-0.39, 0.29) is 5.41 Å². The highest BCUT2D eigenvalue weighted by Crippen LogP contribution is 2.72. The lowest BCUT2D eigenvalue weighted by Gasteiger charge is -2.62. The molecule has 0 aromatic heterocycles. The molecule has 4 aliphatic carbocycles. The molecule has 0 bridgehead atoms. The second-order valence-corrected chi connectivity index (χ2v) is 11.1. The van der Waals surface area contributed by atoms with E-state index < -0.39 is 11.6 Å². The zero-order chi connectivity index (χ0) is 20.6. The van der Waals surface area contributed by atoms with E-state index in [2.05, 4.69) is 19.0 Å². The summed E-state index contributed by atoms with van der Waals surface area (Å²) in [5.74, 6) is 0.544. The van der Waals surface area contributed by atoms with Crippen molar-refractivity contribution in [2.45, 2.75) is 76.8 Å². The molecule has 6 nitrogen and oxygen atoms in total. The summed E-state index contributed by atoms with van der Waals surface area (Å²) in [7, 11) is 1.70. The number of fused-ring (bicyclic) bond motifs is 5. The van der Waals surface area contributed by atoms with Crippen LogP contribution >= 0.6 is 0 Å². The fraction of sp³-hybridized carbons (Fsp3) is 0.958. The van der Waals surface area contributed by atoms with Crippen molar-refractivity contribution in [3.05, 3.63) is 0 Å². The maximum Gasteiger partial charge on any atom is 0.229 e. The largest absolute Gasteiger partial charge is 0.399 e. The van der Waals surface area contributed by atoms with Gasteiger partial charge in [-0.1, -0.05) is 31.8 Å². The van der Waals surface area contributed by atoms with Crippen molar-refractivity contribution < 1.29 is 23.8 Å². The molecule has 0 aromatic rings. The van der Waals surface area contributed by atoms with Crippen molar-refractivity contribution in [2.75, 3.05) is 33.5 Å². The Morgan fingerprint density at radius 1 is 0.900 bits per heavy atom. The van der Waals surface area contributed by atoms with Gasteiger partial charge in [-0.3, -0.25) is 0 Å². The molecule has 0 radical (unpaired) electrons. The highest BCUT2D eigenvalue weighted by molar-refractivity contribution is 5.88. The van der Waals surface area contributed by atoms with Gasteiger partial charge in [0.15, 0.2) is 0 Å². The minimum Gasteiger partial charge on any atom is -0.399 e. The van der Waals surface area contributed by atoms with Gasteiger partial charge in [0, 0.05) is 17.8 Å². The molecule has 168 valence electrons. The summed E-state index contributed by atoms with van der Waals surface area (Å²) >= 11 is 0. The Hall–Kier alpha value is -0.690. The van der Waals surface area contributed by atoms with E-state index >= 15 is 0 Å². The Morgan fingerprint density at radius 3 is 2.37 bits per heavy atom. The normalized spacial score (nSPS) is 56.3. The van der Waals surface area contributed by atoms with E-state index in [9.17, 15) is 0 Å². The first kappa shape index (κ1) is 20.0. The second-order valence-electron chi connectivity index (χ2n) is 11.1. The average Bonchev–Trinajstić information content (AvgIpc) is 3.00. The molecule has 6 atom stereocenters. The molecule has 1 unspecified atom stereocenters. The zero-order valence-electron chi connectivity index (χ0n) is 18.8. The second kappa shape index (κ2) is 6.66. The quantitative estimate of drug-likeness (QED) is 0.598. The predicted molar refractivity (Wildman–Crippen MR) is 111 cm³/mol. The maximum absolute atomic E-state index is 6.52. The number of nitrogens with zero attached hydrogens (tertiary/aromatic N) is 1. The molecule has 0 N–H and O–H groups in total. The van der Waals surface area contributed by atoms with Crippen molar-refractivity contribution in [1.29, 1.82) is 0 Å². The summed E-state index contributed by atoms with van der Waals surface area (Å²) in [6.07, 6.45) is 9.58. The Kier molecular flexibility index (Phi) is 4.43. The van der Waals surface area contributed by atoms with Crippen molar-refractivity contribution >= 4 is 5.71 Å². The van der Waals surface area contributed by atoms with Crippen LogP contribution in [0.2, 0.25) is 0 Å². The van der Waals surface area contributed by atoms with Gasteiger partial charge < -0.3 is 23.8 Å². The van der Waals surface area contributed by atoms with Gasteiger partial charge in [0.25, 0.3) is 0 Å². The molecular formula is C24H37NO5. The SMILES string of the molecule is CO/N=C1/CC2CCCC[C@]2(C)[C@H]2CC[C@@]3(C)[C@@H](CC45OCCOC43OCCO5)[C@H]12. The fourth-order valence-corrected chi connectivity index (χ4v) is 8.90. The fourth-order valence-electron chi connectivity index (χ4n) is 8.90. The lowest BCUT2D eigenvalue weighted by molar-refractivity contribution is -0.474. The number of rotatable bonds is 1. The molecule has 30 heavy (non-hydrogen) atoms. The van der Waals surface area contributed by atoms with Gasteiger partial charge in [0.2, 0.25) is 11.6 Å². The van der Waals surface area contributed by atoms with E-state index in [4.69, 9.17) is 23.8 Å². The number of hydrogen-bond acceptors (Lipinski definition) is 6. The number of ether oxygens (including phenoxy) is 4. The van der Waals surface area contributed by atoms with Crippen LogP contribution in [0.3, 0.4) is 0 Å². The topological polar surface area (TPSA) is 58.5 Å². The molecule has 2 heterocycles. The van der Waals surface area contributed by atoms with Crippen LogP contribution in [-0.2, 0) is 23.8 Å². The molecule has 0 spiro atoms. The van der Waals surface area contributed by atoms with Crippen LogP contribution in [0.15, 0.2) is 5.16 Å². The molecular weight excluding hydrogens is 382 g/mol. The summed E-state index contributed by atoms with van der Waals surface area (Å²) in [5.41, 5.74) is 1.52. The van der Waals surface area contributed by atoms with Gasteiger partial charge in [0.05, 0.1) is 32.1 Å². The monoisotopic (exact) mass is 419 g/mol. The van der Waals surface area contributed by atoms with E-state index in [1.54, 1.807) is 7.11 Å². The number of oxime groups is 1. The molecule has 0 aromatic carbocycles. The maximum atomic E-state index is 6.52. The van der Waals surface area contributed by atoms with Crippen LogP contribution in [0.5, 0.6) is 0 Å². The van der Waals surface area contributed by atoms with E-state index in [0.717, 1.165) is 25.2 Å². The molecule has 2 aliphatic heterocycles. The highest BCUT2D eigenvalue weighted by Gasteiger charge is 2.79. The first-order valence-electron chi connectivity index (χ1n) is 12.2. The van der Waals surface area contributed by atoms with Crippen LogP contribution in [0.25, 0.3) is 0 Å². The molecule has 0 amide bonds. The first-order chi connectivity index (χ1) is 14.5. The standard InChI is InChI=1S/C24H37NO5/c1-21-8-5-4-6-16(21)14-19(25-26-3)20-17(21)7-9-22(2)18(20)15-23-24(22,29-12-10-27-23)30-13-11-28-23/h16-18,20H,4-15H2,1-3H3/b25-19-/t16?,17-,18-,20+,21-,22-,23?,24?/m0/s1. The zero-order valence-corrected chi connectivity index (χ0v) is 18.8. The van der Waals surface area contributed by atoms with Gasteiger partial charge >= 0.3 is 0 Å². The molecule has 6 rings (SSSR count). The van der Waals surface area contributed by atoms with E-state index in [1.165, 1.54) is 37.8 Å². The Morgan fingerprint density at radius 2 is 1.63 bits per heavy atom. The Bertz CT molecular complexity index is 727.